The standard InChI is InChI=1S/C17H19ClN4O2S2/c1-10(15(24)19-9-12-5-3-4-6-14(12)18)25-17-21-20-16(26-17)22(11(2)23)13-7-8-13/h3-6,10,13H,7-9H2,1-2H3,(H,19,24). The highest BCUT2D eigenvalue weighted by Gasteiger charge is 2.34. The first-order chi connectivity index (χ1) is 12.5. The minimum absolute atomic E-state index is 0.0225. The predicted molar refractivity (Wildman–Crippen MR) is 105 cm³/mol. The van der Waals surface area contributed by atoms with Crippen LogP contribution in [0.4, 0.5) is 5.13 Å². The van der Waals surface area contributed by atoms with Gasteiger partial charge in [-0.15, -0.1) is 10.2 Å². The summed E-state index contributed by atoms with van der Waals surface area (Å²) in [5, 5.41) is 12.0. The Morgan fingerprint density at radius 3 is 2.77 bits per heavy atom. The van der Waals surface area contributed by atoms with E-state index in [0.717, 1.165) is 18.4 Å². The third kappa shape index (κ3) is 4.75. The maximum Gasteiger partial charge on any atom is 0.233 e. The molecule has 2 aromatic rings. The summed E-state index contributed by atoms with van der Waals surface area (Å²) in [6, 6.07) is 7.66. The van der Waals surface area contributed by atoms with Crippen molar-refractivity contribution in [3.8, 4) is 0 Å². The van der Waals surface area contributed by atoms with Gasteiger partial charge in [0.2, 0.25) is 16.9 Å². The maximum atomic E-state index is 12.3. The number of nitrogens with zero attached hydrogens (tertiary/aromatic N) is 3. The third-order valence-corrected chi connectivity index (χ3v) is 6.39. The number of anilines is 1. The zero-order chi connectivity index (χ0) is 18.7. The highest BCUT2D eigenvalue weighted by molar-refractivity contribution is 8.02. The van der Waals surface area contributed by atoms with E-state index in [4.69, 9.17) is 11.6 Å². The lowest BCUT2D eigenvalue weighted by molar-refractivity contribution is -0.120. The Kier molecular flexibility index (Phi) is 6.16. The third-order valence-electron chi connectivity index (χ3n) is 3.91. The second-order valence-electron chi connectivity index (χ2n) is 6.04. The predicted octanol–water partition coefficient (Wildman–Crippen LogP) is 3.50. The molecule has 1 aliphatic rings. The summed E-state index contributed by atoms with van der Waals surface area (Å²) >= 11 is 8.78. The smallest absolute Gasteiger partial charge is 0.233 e. The summed E-state index contributed by atoms with van der Waals surface area (Å²) in [5.41, 5.74) is 0.874. The van der Waals surface area contributed by atoms with Crippen LogP contribution in [0.15, 0.2) is 28.6 Å². The van der Waals surface area contributed by atoms with Crippen molar-refractivity contribution >= 4 is 51.6 Å². The Morgan fingerprint density at radius 1 is 1.38 bits per heavy atom. The van der Waals surface area contributed by atoms with Crippen molar-refractivity contribution in [1.82, 2.24) is 15.5 Å². The fourth-order valence-electron chi connectivity index (χ4n) is 2.40. The van der Waals surface area contributed by atoms with E-state index in [2.05, 4.69) is 15.5 Å². The number of nitrogens with one attached hydrogen (secondary N) is 1. The van der Waals surface area contributed by atoms with E-state index < -0.39 is 0 Å². The highest BCUT2D eigenvalue weighted by Crippen LogP contribution is 2.36. The molecule has 0 spiro atoms. The highest BCUT2D eigenvalue weighted by atomic mass is 35.5. The van der Waals surface area contributed by atoms with Crippen molar-refractivity contribution in [3.05, 3.63) is 34.9 Å². The maximum absolute atomic E-state index is 12.3. The molecule has 0 saturated heterocycles. The van der Waals surface area contributed by atoms with E-state index >= 15 is 0 Å². The van der Waals surface area contributed by atoms with Crippen LogP contribution >= 0.6 is 34.7 Å². The summed E-state index contributed by atoms with van der Waals surface area (Å²) in [5.74, 6) is -0.122. The molecule has 3 rings (SSSR count). The van der Waals surface area contributed by atoms with Crippen LogP contribution < -0.4 is 10.2 Å². The average molecular weight is 411 g/mol. The Labute approximate surface area is 165 Å². The Bertz CT molecular complexity index is 810. The summed E-state index contributed by atoms with van der Waals surface area (Å²) in [4.78, 5) is 25.8. The van der Waals surface area contributed by atoms with Gasteiger partial charge in [-0.05, 0) is 31.4 Å². The first-order valence-corrected chi connectivity index (χ1v) is 10.3. The molecule has 1 aliphatic carbocycles. The molecular weight excluding hydrogens is 392 g/mol. The molecule has 26 heavy (non-hydrogen) atoms. The van der Waals surface area contributed by atoms with Crippen molar-refractivity contribution in [2.24, 2.45) is 0 Å². The van der Waals surface area contributed by atoms with Gasteiger partial charge in [-0.3, -0.25) is 14.5 Å². The Hall–Kier alpha value is -1.64. The lowest BCUT2D eigenvalue weighted by Gasteiger charge is -2.15. The van der Waals surface area contributed by atoms with Gasteiger partial charge in [-0.25, -0.2) is 0 Å². The van der Waals surface area contributed by atoms with Crippen LogP contribution in [0.2, 0.25) is 5.02 Å². The number of benzene rings is 1. The molecule has 1 atom stereocenters. The average Bonchev–Trinajstić information content (AvgIpc) is 3.32. The van der Waals surface area contributed by atoms with Gasteiger partial charge in [-0.2, -0.15) is 0 Å². The monoisotopic (exact) mass is 410 g/mol. The largest absolute Gasteiger partial charge is 0.351 e. The molecule has 1 N–H and O–H groups in total. The van der Waals surface area contributed by atoms with Crippen LogP contribution in [0.3, 0.4) is 0 Å². The van der Waals surface area contributed by atoms with Crippen molar-refractivity contribution < 1.29 is 9.59 Å². The van der Waals surface area contributed by atoms with Crippen LogP contribution in [0, 0.1) is 0 Å². The lowest BCUT2D eigenvalue weighted by atomic mass is 10.2. The fraction of sp³-hybridized carbons (Fsp3) is 0.412. The minimum atomic E-state index is -0.329. The number of hydrogen-bond donors (Lipinski definition) is 1. The molecule has 1 unspecified atom stereocenters. The quantitative estimate of drug-likeness (QED) is 0.558. The van der Waals surface area contributed by atoms with Gasteiger partial charge in [0, 0.05) is 24.5 Å². The molecule has 1 aromatic carbocycles. The zero-order valence-electron chi connectivity index (χ0n) is 14.4. The van der Waals surface area contributed by atoms with Gasteiger partial charge < -0.3 is 5.32 Å². The van der Waals surface area contributed by atoms with E-state index in [0.29, 0.717) is 21.0 Å². The SMILES string of the molecule is CC(=O)N(c1nnc(SC(C)C(=O)NCc2ccccc2Cl)s1)C1CC1. The van der Waals surface area contributed by atoms with Crippen molar-refractivity contribution in [2.45, 2.75) is 48.9 Å². The number of aromatic nitrogens is 2. The van der Waals surface area contributed by atoms with Crippen molar-refractivity contribution in [2.75, 3.05) is 4.90 Å². The molecule has 1 saturated carbocycles. The van der Waals surface area contributed by atoms with Crippen LogP contribution in [-0.4, -0.2) is 33.3 Å². The first kappa shape index (κ1) is 19.1. The van der Waals surface area contributed by atoms with Gasteiger partial charge in [0.25, 0.3) is 0 Å². The van der Waals surface area contributed by atoms with Crippen LogP contribution in [0.25, 0.3) is 0 Å². The molecule has 0 aliphatic heterocycles. The van der Waals surface area contributed by atoms with Crippen LogP contribution in [0.1, 0.15) is 32.3 Å². The molecule has 6 nitrogen and oxygen atoms in total. The molecule has 1 fully saturated rings. The molecule has 1 aromatic heterocycles. The van der Waals surface area contributed by atoms with E-state index in [1.807, 2.05) is 25.1 Å². The second-order valence-corrected chi connectivity index (χ2v) is 8.99. The molecule has 0 bridgehead atoms. The summed E-state index contributed by atoms with van der Waals surface area (Å²) in [7, 11) is 0. The van der Waals surface area contributed by atoms with Gasteiger partial charge in [0.15, 0.2) is 4.34 Å². The second kappa shape index (κ2) is 8.37. The van der Waals surface area contributed by atoms with Gasteiger partial charge in [0.1, 0.15) is 0 Å². The Morgan fingerprint density at radius 2 is 2.12 bits per heavy atom. The number of amides is 2. The van der Waals surface area contributed by atoms with E-state index in [1.165, 1.54) is 30.0 Å². The lowest BCUT2D eigenvalue weighted by Crippen LogP contribution is -2.30. The van der Waals surface area contributed by atoms with E-state index in [1.54, 1.807) is 11.0 Å². The van der Waals surface area contributed by atoms with Gasteiger partial charge in [-0.1, -0.05) is 52.9 Å². The number of thioether (sulfide) groups is 1. The van der Waals surface area contributed by atoms with Crippen LogP contribution in [-0.2, 0) is 16.1 Å². The van der Waals surface area contributed by atoms with E-state index in [-0.39, 0.29) is 23.1 Å². The zero-order valence-corrected chi connectivity index (χ0v) is 16.8. The fourth-order valence-corrected chi connectivity index (χ4v) is 4.73. The molecule has 138 valence electrons. The Balaban J connectivity index is 1.56. The number of halogens is 1. The summed E-state index contributed by atoms with van der Waals surface area (Å²) in [6.45, 7) is 3.74. The van der Waals surface area contributed by atoms with E-state index in [9.17, 15) is 9.59 Å². The number of carbonyl (C=O) groups is 2. The molecular formula is C17H19ClN4O2S2. The normalized spacial score (nSPS) is 14.7. The topological polar surface area (TPSA) is 75.2 Å². The minimum Gasteiger partial charge on any atom is -0.351 e. The number of rotatable bonds is 7. The van der Waals surface area contributed by atoms with Crippen molar-refractivity contribution in [1.29, 1.82) is 0 Å². The first-order valence-electron chi connectivity index (χ1n) is 8.26. The van der Waals surface area contributed by atoms with Gasteiger partial charge in [0.05, 0.1) is 5.25 Å². The number of hydrogen-bond acceptors (Lipinski definition) is 6. The van der Waals surface area contributed by atoms with Crippen LogP contribution in [0.5, 0.6) is 0 Å². The summed E-state index contributed by atoms with van der Waals surface area (Å²) < 4.78 is 0.673. The van der Waals surface area contributed by atoms with Crippen molar-refractivity contribution in [3.63, 3.8) is 0 Å². The molecule has 1 heterocycles. The van der Waals surface area contributed by atoms with Gasteiger partial charge >= 0.3 is 0 Å². The molecule has 9 heteroatoms. The number of carbonyl (C=O) groups excluding carboxylic acids is 2. The molecule has 2 amide bonds. The summed E-state index contributed by atoms with van der Waals surface area (Å²) in [6.07, 6.45) is 2.00. The molecule has 0 radical (unpaired) electrons.